The van der Waals surface area contributed by atoms with Crippen molar-refractivity contribution in [3.05, 3.63) is 48.1 Å². The van der Waals surface area contributed by atoms with Gasteiger partial charge in [0.1, 0.15) is 17.7 Å². The number of rotatable bonds is 5. The van der Waals surface area contributed by atoms with Crippen LogP contribution >= 0.6 is 0 Å². The highest BCUT2D eigenvalue weighted by atomic mass is 19.1. The number of amides is 1. The molecular weight excluding hydrogens is 390 g/mol. The van der Waals surface area contributed by atoms with Gasteiger partial charge in [-0.25, -0.2) is 13.8 Å². The molecule has 30 heavy (non-hydrogen) atoms. The summed E-state index contributed by atoms with van der Waals surface area (Å²) in [6, 6.07) is 3.34. The molecular formula is C22H28F2N4O2. The van der Waals surface area contributed by atoms with Crippen LogP contribution in [-0.2, 0) is 18.4 Å². The van der Waals surface area contributed by atoms with Gasteiger partial charge in [0.25, 0.3) is 0 Å². The Balaban J connectivity index is 1.22. The first-order chi connectivity index (χ1) is 14.5. The first kappa shape index (κ1) is 20.8. The van der Waals surface area contributed by atoms with Crippen LogP contribution in [0, 0.1) is 17.6 Å². The van der Waals surface area contributed by atoms with E-state index in [9.17, 15) is 13.6 Å². The zero-order valence-corrected chi connectivity index (χ0v) is 17.3. The average Bonchev–Trinajstić information content (AvgIpc) is 3.15. The molecule has 0 N–H and O–H groups in total. The van der Waals surface area contributed by atoms with E-state index >= 15 is 0 Å². The average molecular weight is 418 g/mol. The van der Waals surface area contributed by atoms with E-state index in [-0.39, 0.29) is 23.7 Å². The van der Waals surface area contributed by atoms with Crippen LogP contribution in [0.3, 0.4) is 0 Å². The summed E-state index contributed by atoms with van der Waals surface area (Å²) in [6.07, 6.45) is 6.63. The first-order valence-corrected chi connectivity index (χ1v) is 10.6. The number of hydrogen-bond acceptors (Lipinski definition) is 4. The van der Waals surface area contributed by atoms with Gasteiger partial charge in [0.05, 0.1) is 6.54 Å². The maximum absolute atomic E-state index is 13.8. The topological polar surface area (TPSA) is 50.6 Å². The summed E-state index contributed by atoms with van der Waals surface area (Å²) < 4.78 is 34.5. The third-order valence-electron chi connectivity index (χ3n) is 6.16. The molecule has 1 aromatic carbocycles. The minimum Gasteiger partial charge on any atom is -0.487 e. The lowest BCUT2D eigenvalue weighted by Gasteiger charge is -2.37. The molecule has 0 spiro atoms. The number of aryl methyl sites for hydroxylation is 1. The molecule has 1 aromatic heterocycles. The van der Waals surface area contributed by atoms with Gasteiger partial charge in [-0.3, -0.25) is 9.69 Å². The fourth-order valence-corrected chi connectivity index (χ4v) is 4.29. The van der Waals surface area contributed by atoms with Crippen LogP contribution in [0.2, 0.25) is 0 Å². The van der Waals surface area contributed by atoms with Crippen molar-refractivity contribution in [3.8, 4) is 5.75 Å². The number of halogens is 2. The quantitative estimate of drug-likeness (QED) is 0.749. The summed E-state index contributed by atoms with van der Waals surface area (Å²) in [5, 5.41) is 0. The molecule has 3 heterocycles. The van der Waals surface area contributed by atoms with E-state index in [1.54, 1.807) is 0 Å². The van der Waals surface area contributed by atoms with Crippen molar-refractivity contribution in [3.63, 3.8) is 0 Å². The number of carbonyl (C=O) groups excluding carboxylic acids is 1. The molecule has 2 aromatic rings. The van der Waals surface area contributed by atoms with Gasteiger partial charge in [-0.1, -0.05) is 0 Å². The summed E-state index contributed by atoms with van der Waals surface area (Å²) in [5.41, 5.74) is 0. The summed E-state index contributed by atoms with van der Waals surface area (Å²) in [4.78, 5) is 21.6. The molecule has 0 aliphatic carbocycles. The normalized spacial score (nSPS) is 19.2. The molecule has 0 atom stereocenters. The molecule has 0 unspecified atom stereocenters. The zero-order valence-electron chi connectivity index (χ0n) is 17.3. The molecule has 6 nitrogen and oxygen atoms in total. The Hall–Kier alpha value is -2.48. The zero-order chi connectivity index (χ0) is 21.1. The van der Waals surface area contributed by atoms with Crippen LogP contribution in [-0.4, -0.2) is 57.5 Å². The lowest BCUT2D eigenvalue weighted by Crippen LogP contribution is -2.47. The van der Waals surface area contributed by atoms with Crippen molar-refractivity contribution in [1.29, 1.82) is 0 Å². The van der Waals surface area contributed by atoms with Gasteiger partial charge in [-0.2, -0.15) is 0 Å². The smallest absolute Gasteiger partial charge is 0.225 e. The maximum Gasteiger partial charge on any atom is 0.225 e. The van der Waals surface area contributed by atoms with Crippen LogP contribution in [0.5, 0.6) is 5.75 Å². The van der Waals surface area contributed by atoms with E-state index in [1.807, 2.05) is 28.9 Å². The molecule has 8 heteroatoms. The molecule has 2 fully saturated rings. The minimum atomic E-state index is -0.689. The van der Waals surface area contributed by atoms with Crippen molar-refractivity contribution < 1.29 is 18.3 Å². The van der Waals surface area contributed by atoms with Gasteiger partial charge in [-0.15, -0.1) is 0 Å². The van der Waals surface area contributed by atoms with E-state index in [0.29, 0.717) is 25.9 Å². The standard InChI is InChI=1S/C22H28F2N4O2/c1-26-13-8-25-21(26)15-27-9-4-16(5-10-27)22(29)28-11-6-18(7-12-28)30-20-3-2-17(23)14-19(20)24/h2-3,8,13-14,16,18H,4-7,9-12,15H2,1H3. The number of hydrogen-bond donors (Lipinski definition) is 0. The second-order valence-corrected chi connectivity index (χ2v) is 8.22. The largest absolute Gasteiger partial charge is 0.487 e. The SMILES string of the molecule is Cn1ccnc1CN1CCC(C(=O)N2CCC(Oc3ccc(F)cc3F)CC2)CC1. The Bertz CT molecular complexity index is 872. The molecule has 0 radical (unpaired) electrons. The highest BCUT2D eigenvalue weighted by Crippen LogP contribution is 2.26. The van der Waals surface area contributed by atoms with Crippen LogP contribution in [0.4, 0.5) is 8.78 Å². The predicted molar refractivity (Wildman–Crippen MR) is 108 cm³/mol. The van der Waals surface area contributed by atoms with Gasteiger partial charge in [0.2, 0.25) is 5.91 Å². The van der Waals surface area contributed by atoms with Gasteiger partial charge in [-0.05, 0) is 38.1 Å². The number of imidazole rings is 1. The van der Waals surface area contributed by atoms with Crippen LogP contribution in [0.1, 0.15) is 31.5 Å². The Morgan fingerprint density at radius 2 is 1.87 bits per heavy atom. The van der Waals surface area contributed by atoms with Gasteiger partial charge in [0.15, 0.2) is 11.6 Å². The van der Waals surface area contributed by atoms with Gasteiger partial charge >= 0.3 is 0 Å². The van der Waals surface area contributed by atoms with Crippen LogP contribution in [0.25, 0.3) is 0 Å². The van der Waals surface area contributed by atoms with E-state index < -0.39 is 11.6 Å². The fraction of sp³-hybridized carbons (Fsp3) is 0.545. The summed E-state index contributed by atoms with van der Waals surface area (Å²) in [7, 11) is 2.00. The second-order valence-electron chi connectivity index (χ2n) is 8.22. The Labute approximate surface area is 175 Å². The molecule has 0 bridgehead atoms. The highest BCUT2D eigenvalue weighted by Gasteiger charge is 2.31. The highest BCUT2D eigenvalue weighted by molar-refractivity contribution is 5.79. The van der Waals surface area contributed by atoms with Crippen molar-refractivity contribution in [2.75, 3.05) is 26.2 Å². The number of aromatic nitrogens is 2. The van der Waals surface area contributed by atoms with E-state index in [0.717, 1.165) is 44.4 Å². The van der Waals surface area contributed by atoms with Gasteiger partial charge in [0, 0.05) is 57.4 Å². The third kappa shape index (κ3) is 4.80. The third-order valence-corrected chi connectivity index (χ3v) is 6.16. The maximum atomic E-state index is 13.8. The van der Waals surface area contributed by atoms with E-state index in [1.165, 1.54) is 12.1 Å². The Morgan fingerprint density at radius 1 is 1.13 bits per heavy atom. The lowest BCUT2D eigenvalue weighted by molar-refractivity contribution is -0.139. The summed E-state index contributed by atoms with van der Waals surface area (Å²) in [5.74, 6) is 0.0884. The summed E-state index contributed by atoms with van der Waals surface area (Å²) >= 11 is 0. The molecule has 0 saturated carbocycles. The molecule has 162 valence electrons. The lowest BCUT2D eigenvalue weighted by atomic mass is 9.94. The first-order valence-electron chi connectivity index (χ1n) is 10.6. The van der Waals surface area contributed by atoms with Crippen LogP contribution < -0.4 is 4.74 Å². The van der Waals surface area contributed by atoms with Crippen molar-refractivity contribution in [2.24, 2.45) is 13.0 Å². The van der Waals surface area contributed by atoms with Crippen LogP contribution in [0.15, 0.2) is 30.6 Å². The number of nitrogens with zero attached hydrogens (tertiary/aromatic N) is 4. The molecule has 2 aliphatic rings. The van der Waals surface area contributed by atoms with E-state index in [2.05, 4.69) is 9.88 Å². The number of piperidine rings is 2. The molecule has 2 saturated heterocycles. The number of carbonyl (C=O) groups is 1. The molecule has 2 aliphatic heterocycles. The second kappa shape index (κ2) is 9.12. The van der Waals surface area contributed by atoms with E-state index in [4.69, 9.17) is 4.74 Å². The van der Waals surface area contributed by atoms with Crippen molar-refractivity contribution >= 4 is 5.91 Å². The Morgan fingerprint density at radius 3 is 2.50 bits per heavy atom. The summed E-state index contributed by atoms with van der Waals surface area (Å²) in [6.45, 7) is 3.83. The fourth-order valence-electron chi connectivity index (χ4n) is 4.29. The number of likely N-dealkylation sites (tertiary alicyclic amines) is 2. The number of ether oxygens (including phenoxy) is 1. The monoisotopic (exact) mass is 418 g/mol. The molecule has 4 rings (SSSR count). The van der Waals surface area contributed by atoms with Crippen molar-refractivity contribution in [2.45, 2.75) is 38.3 Å². The van der Waals surface area contributed by atoms with Crippen molar-refractivity contribution in [1.82, 2.24) is 19.4 Å². The predicted octanol–water partition coefficient (Wildman–Crippen LogP) is 2.98. The minimum absolute atomic E-state index is 0.0645. The number of benzene rings is 1. The molecule has 1 amide bonds. The Kier molecular flexibility index (Phi) is 6.32. The van der Waals surface area contributed by atoms with Gasteiger partial charge < -0.3 is 14.2 Å².